The van der Waals surface area contributed by atoms with Crippen LogP contribution in [0.1, 0.15) is 115 Å². The molecule has 3 unspecified atom stereocenters. The van der Waals surface area contributed by atoms with Gasteiger partial charge in [0.05, 0.1) is 11.3 Å². The second-order valence-electron chi connectivity index (χ2n) is 14.0. The van der Waals surface area contributed by atoms with E-state index >= 15 is 0 Å². The predicted octanol–water partition coefficient (Wildman–Crippen LogP) is 8.46. The standard InChI is InChI=1S/C43H64N8O3/c1-7-13-25-45-33(10-4)29-50(30-34(11-5)46-26-14-8-2)41(52)36-23-19-20-24-38(36)48-49-40-39(32-21-17-16-18-22-32)37(28-44)42(53)51(43(40)54)31-35(12-6)47-27-15-9-3/h16-24,33-35,45-47,53H,7-15,25-27,29-31H2,1-6H3. The van der Waals surface area contributed by atoms with Crippen molar-refractivity contribution in [3.63, 3.8) is 0 Å². The van der Waals surface area contributed by atoms with Crippen molar-refractivity contribution in [3.8, 4) is 23.1 Å². The summed E-state index contributed by atoms with van der Waals surface area (Å²) in [5, 5.41) is 41.7. The Hall–Kier alpha value is -4.37. The van der Waals surface area contributed by atoms with Crippen molar-refractivity contribution in [1.82, 2.24) is 25.4 Å². The summed E-state index contributed by atoms with van der Waals surface area (Å²) in [5.41, 5.74) is 0.741. The summed E-state index contributed by atoms with van der Waals surface area (Å²) in [7, 11) is 0. The highest BCUT2D eigenvalue weighted by molar-refractivity contribution is 5.99. The zero-order valence-corrected chi connectivity index (χ0v) is 33.5. The first kappa shape index (κ1) is 44.0. The number of nitrogens with zero attached hydrogens (tertiary/aromatic N) is 5. The van der Waals surface area contributed by atoms with Crippen LogP contribution in [0, 0.1) is 11.3 Å². The molecule has 3 rings (SSSR count). The number of amides is 1. The van der Waals surface area contributed by atoms with Gasteiger partial charge in [0, 0.05) is 43.3 Å². The highest BCUT2D eigenvalue weighted by Gasteiger charge is 2.27. The maximum atomic E-state index is 14.6. The third-order valence-corrected chi connectivity index (χ3v) is 9.92. The molecule has 3 atom stereocenters. The molecule has 1 aromatic heterocycles. The van der Waals surface area contributed by atoms with Crippen LogP contribution >= 0.6 is 0 Å². The third-order valence-electron chi connectivity index (χ3n) is 9.92. The Balaban J connectivity index is 2.14. The summed E-state index contributed by atoms with van der Waals surface area (Å²) in [6.45, 7) is 16.5. The van der Waals surface area contributed by atoms with E-state index in [2.05, 4.69) is 66.9 Å². The van der Waals surface area contributed by atoms with Gasteiger partial charge in [-0.05, 0) is 75.9 Å². The first-order chi connectivity index (χ1) is 26.3. The molecule has 0 aliphatic heterocycles. The summed E-state index contributed by atoms with van der Waals surface area (Å²) < 4.78 is 1.22. The van der Waals surface area contributed by atoms with Crippen LogP contribution in [-0.4, -0.2) is 71.3 Å². The van der Waals surface area contributed by atoms with Crippen molar-refractivity contribution in [2.45, 2.75) is 124 Å². The number of aromatic nitrogens is 1. The van der Waals surface area contributed by atoms with Gasteiger partial charge in [-0.2, -0.15) is 5.26 Å². The summed E-state index contributed by atoms with van der Waals surface area (Å²) in [5.74, 6) is -0.567. The summed E-state index contributed by atoms with van der Waals surface area (Å²) in [6.07, 6.45) is 8.77. The van der Waals surface area contributed by atoms with E-state index in [-0.39, 0.29) is 47.4 Å². The molecule has 0 aliphatic carbocycles. The van der Waals surface area contributed by atoms with E-state index in [1.54, 1.807) is 42.5 Å². The Morgan fingerprint density at radius 2 is 1.30 bits per heavy atom. The van der Waals surface area contributed by atoms with Crippen molar-refractivity contribution in [3.05, 3.63) is 76.1 Å². The molecule has 1 heterocycles. The first-order valence-corrected chi connectivity index (χ1v) is 20.2. The number of azo groups is 1. The van der Waals surface area contributed by atoms with Crippen LogP contribution in [0.4, 0.5) is 11.4 Å². The number of pyridine rings is 1. The van der Waals surface area contributed by atoms with Gasteiger partial charge >= 0.3 is 0 Å². The minimum atomic E-state index is -0.567. The van der Waals surface area contributed by atoms with E-state index in [9.17, 15) is 20.0 Å². The molecular weight excluding hydrogens is 677 g/mol. The van der Waals surface area contributed by atoms with Crippen molar-refractivity contribution in [2.75, 3.05) is 32.7 Å². The lowest BCUT2D eigenvalue weighted by atomic mass is 9.99. The lowest BCUT2D eigenvalue weighted by Gasteiger charge is -2.32. The van der Waals surface area contributed by atoms with Gasteiger partial charge < -0.3 is 26.0 Å². The molecule has 0 bridgehead atoms. The third kappa shape index (κ3) is 12.6. The van der Waals surface area contributed by atoms with E-state index in [0.29, 0.717) is 36.3 Å². The molecule has 4 N–H and O–H groups in total. The Bertz CT molecular complexity index is 1680. The molecule has 0 spiro atoms. The van der Waals surface area contributed by atoms with Gasteiger partial charge in [0.2, 0.25) is 5.88 Å². The summed E-state index contributed by atoms with van der Waals surface area (Å²) in [4.78, 5) is 30.8. The van der Waals surface area contributed by atoms with Crippen LogP contribution in [0.5, 0.6) is 5.88 Å². The largest absolute Gasteiger partial charge is 0.493 e. The molecule has 1 amide bonds. The molecule has 2 aromatic carbocycles. The van der Waals surface area contributed by atoms with Crippen LogP contribution < -0.4 is 21.5 Å². The minimum absolute atomic E-state index is 0.0592. The van der Waals surface area contributed by atoms with Gasteiger partial charge in [-0.15, -0.1) is 10.2 Å². The molecule has 54 heavy (non-hydrogen) atoms. The number of nitrogens with one attached hydrogen (secondary N) is 3. The number of hydrogen-bond donors (Lipinski definition) is 4. The molecule has 11 nitrogen and oxygen atoms in total. The molecule has 294 valence electrons. The topological polar surface area (TPSA) is 147 Å². The molecule has 0 aliphatic rings. The number of unbranched alkanes of at least 4 members (excludes halogenated alkanes) is 3. The SMILES string of the molecule is CCCCNC(CC)CN(CC(CC)NCCCC)C(=O)c1ccccc1N=Nc1c(-c2ccccc2)c(C#N)c(O)n(CC(CC)NCCCC)c1=O. The highest BCUT2D eigenvalue weighted by atomic mass is 16.3. The van der Waals surface area contributed by atoms with Gasteiger partial charge in [0.15, 0.2) is 5.69 Å². The monoisotopic (exact) mass is 741 g/mol. The van der Waals surface area contributed by atoms with Gasteiger partial charge in [-0.1, -0.05) is 103 Å². The van der Waals surface area contributed by atoms with E-state index in [1.165, 1.54) is 4.57 Å². The lowest BCUT2D eigenvalue weighted by Crippen LogP contribution is -2.49. The molecular formula is C43H64N8O3. The van der Waals surface area contributed by atoms with Crippen LogP contribution in [0.3, 0.4) is 0 Å². The smallest absolute Gasteiger partial charge is 0.281 e. The summed E-state index contributed by atoms with van der Waals surface area (Å²) in [6, 6.07) is 18.3. The fraction of sp³-hybridized carbons (Fsp3) is 0.558. The maximum absolute atomic E-state index is 14.6. The maximum Gasteiger partial charge on any atom is 0.281 e. The first-order valence-electron chi connectivity index (χ1n) is 20.2. The Labute approximate surface area is 323 Å². The average molecular weight is 741 g/mol. The fourth-order valence-electron chi connectivity index (χ4n) is 6.42. The molecule has 3 aromatic rings. The minimum Gasteiger partial charge on any atom is -0.493 e. The van der Waals surface area contributed by atoms with Crippen molar-refractivity contribution in [1.29, 1.82) is 5.26 Å². The second kappa shape index (κ2) is 24.1. The van der Waals surface area contributed by atoms with Gasteiger partial charge in [0.25, 0.3) is 11.5 Å². The van der Waals surface area contributed by atoms with E-state index in [0.717, 1.165) is 71.0 Å². The number of benzene rings is 2. The number of carbonyl (C=O) groups is 1. The van der Waals surface area contributed by atoms with Crippen LogP contribution in [0.15, 0.2) is 69.6 Å². The van der Waals surface area contributed by atoms with Gasteiger partial charge in [0.1, 0.15) is 11.6 Å². The Kier molecular flexibility index (Phi) is 19.7. The van der Waals surface area contributed by atoms with Crippen molar-refractivity contribution in [2.24, 2.45) is 10.2 Å². The molecule has 0 fully saturated rings. The zero-order valence-electron chi connectivity index (χ0n) is 33.5. The van der Waals surface area contributed by atoms with Crippen LogP contribution in [-0.2, 0) is 6.54 Å². The van der Waals surface area contributed by atoms with E-state index in [1.807, 2.05) is 24.0 Å². The fourth-order valence-corrected chi connectivity index (χ4v) is 6.42. The number of nitriles is 1. The highest BCUT2D eigenvalue weighted by Crippen LogP contribution is 2.36. The quantitative estimate of drug-likeness (QED) is 0.0504. The van der Waals surface area contributed by atoms with E-state index < -0.39 is 11.4 Å². The van der Waals surface area contributed by atoms with E-state index in [4.69, 9.17) is 0 Å². The molecule has 0 saturated carbocycles. The van der Waals surface area contributed by atoms with Gasteiger partial charge in [-0.25, -0.2) is 0 Å². The van der Waals surface area contributed by atoms with Crippen LogP contribution in [0.25, 0.3) is 11.1 Å². The predicted molar refractivity (Wildman–Crippen MR) is 220 cm³/mol. The second-order valence-corrected chi connectivity index (χ2v) is 14.0. The number of aromatic hydroxyl groups is 1. The van der Waals surface area contributed by atoms with Crippen LogP contribution in [0.2, 0.25) is 0 Å². The van der Waals surface area contributed by atoms with Crippen molar-refractivity contribution >= 4 is 17.3 Å². The number of carbonyl (C=O) groups excluding carboxylic acids is 1. The number of rotatable bonds is 25. The average Bonchev–Trinajstić information content (AvgIpc) is 3.20. The summed E-state index contributed by atoms with van der Waals surface area (Å²) >= 11 is 0. The van der Waals surface area contributed by atoms with Gasteiger partial charge in [-0.3, -0.25) is 14.2 Å². The normalized spacial score (nSPS) is 13.1. The molecule has 0 radical (unpaired) electrons. The molecule has 11 heteroatoms. The lowest BCUT2D eigenvalue weighted by molar-refractivity contribution is 0.0718. The molecule has 0 saturated heterocycles. The zero-order chi connectivity index (χ0) is 39.3. The van der Waals surface area contributed by atoms with Crippen molar-refractivity contribution < 1.29 is 9.90 Å². The number of hydrogen-bond acceptors (Lipinski definition) is 9. The Morgan fingerprint density at radius 3 is 1.81 bits per heavy atom. The Morgan fingerprint density at radius 1 is 0.778 bits per heavy atom.